The van der Waals surface area contributed by atoms with Crippen molar-refractivity contribution in [1.82, 2.24) is 0 Å². The molecule has 17 nitrogen and oxygen atoms in total. The highest BCUT2D eigenvalue weighted by molar-refractivity contribution is 7.47. The summed E-state index contributed by atoms with van der Waals surface area (Å²) in [4.78, 5) is 72.8. The van der Waals surface area contributed by atoms with Crippen molar-refractivity contribution in [3.63, 3.8) is 0 Å². The molecule has 95 heavy (non-hydrogen) atoms. The zero-order valence-corrected chi connectivity index (χ0v) is 63.9. The largest absolute Gasteiger partial charge is 0.472 e. The maximum Gasteiger partial charge on any atom is 0.472 e. The molecule has 564 valence electrons. The van der Waals surface area contributed by atoms with E-state index >= 15 is 0 Å². The van der Waals surface area contributed by atoms with Crippen molar-refractivity contribution in [2.45, 2.75) is 407 Å². The van der Waals surface area contributed by atoms with Crippen LogP contribution in [0.3, 0.4) is 0 Å². The lowest BCUT2D eigenvalue weighted by molar-refractivity contribution is -0.161. The van der Waals surface area contributed by atoms with Gasteiger partial charge in [0.2, 0.25) is 0 Å². The van der Waals surface area contributed by atoms with Crippen LogP contribution < -0.4 is 0 Å². The number of hydrogen-bond donors (Lipinski definition) is 3. The molecule has 0 aromatic carbocycles. The van der Waals surface area contributed by atoms with Crippen LogP contribution in [0.4, 0.5) is 0 Å². The number of rotatable bonds is 74. The Hall–Kier alpha value is -1.94. The molecule has 0 heterocycles. The number of aliphatic hydroxyl groups excluding tert-OH is 1. The first-order chi connectivity index (χ1) is 45.8. The summed E-state index contributed by atoms with van der Waals surface area (Å²) in [7, 11) is -9.91. The van der Waals surface area contributed by atoms with E-state index in [0.29, 0.717) is 25.7 Å². The fourth-order valence-corrected chi connectivity index (χ4v) is 13.1. The number of phosphoric acid groups is 2. The van der Waals surface area contributed by atoms with Crippen molar-refractivity contribution in [2.24, 2.45) is 17.8 Å². The lowest BCUT2D eigenvalue weighted by Crippen LogP contribution is -2.30. The van der Waals surface area contributed by atoms with Crippen LogP contribution in [-0.2, 0) is 65.4 Å². The topological polar surface area (TPSA) is 237 Å². The van der Waals surface area contributed by atoms with Crippen LogP contribution in [0, 0.1) is 17.8 Å². The van der Waals surface area contributed by atoms with Crippen LogP contribution >= 0.6 is 15.6 Å². The molecule has 3 unspecified atom stereocenters. The second-order valence-electron chi connectivity index (χ2n) is 28.6. The summed E-state index contributed by atoms with van der Waals surface area (Å²) in [5.41, 5.74) is 0. The number of carbonyl (C=O) groups excluding carboxylic acids is 4. The van der Waals surface area contributed by atoms with Crippen molar-refractivity contribution < 1.29 is 80.2 Å². The maximum absolute atomic E-state index is 13.1. The van der Waals surface area contributed by atoms with Gasteiger partial charge in [-0.15, -0.1) is 0 Å². The van der Waals surface area contributed by atoms with Gasteiger partial charge in [-0.1, -0.05) is 337 Å². The van der Waals surface area contributed by atoms with E-state index in [1.807, 2.05) is 0 Å². The van der Waals surface area contributed by atoms with E-state index < -0.39 is 97.5 Å². The second kappa shape index (κ2) is 66.6. The van der Waals surface area contributed by atoms with Gasteiger partial charge in [0.05, 0.1) is 26.4 Å². The van der Waals surface area contributed by atoms with Crippen LogP contribution in [0.1, 0.15) is 389 Å². The molecule has 0 spiro atoms. The summed E-state index contributed by atoms with van der Waals surface area (Å²) in [5, 5.41) is 10.6. The first kappa shape index (κ1) is 93.1. The Kier molecular flexibility index (Phi) is 65.2. The molecule has 0 saturated carbocycles. The molecule has 19 heteroatoms. The van der Waals surface area contributed by atoms with Gasteiger partial charge in [0.15, 0.2) is 12.2 Å². The average Bonchev–Trinajstić information content (AvgIpc) is 2.53. The van der Waals surface area contributed by atoms with Crippen LogP contribution in [-0.4, -0.2) is 96.7 Å². The molecular weight excluding hydrogens is 1250 g/mol. The van der Waals surface area contributed by atoms with E-state index in [0.717, 1.165) is 108 Å². The molecule has 6 atom stereocenters. The lowest BCUT2D eigenvalue weighted by atomic mass is 9.99. The van der Waals surface area contributed by atoms with Gasteiger partial charge in [0, 0.05) is 25.7 Å². The molecule has 0 aromatic rings. The number of carbonyl (C=O) groups is 4. The van der Waals surface area contributed by atoms with Gasteiger partial charge in [0.25, 0.3) is 0 Å². The average molecular weight is 1400 g/mol. The Balaban J connectivity index is 5.24. The van der Waals surface area contributed by atoms with Crippen molar-refractivity contribution >= 4 is 39.5 Å². The van der Waals surface area contributed by atoms with E-state index in [2.05, 4.69) is 48.5 Å². The highest BCUT2D eigenvalue weighted by atomic mass is 31.2. The van der Waals surface area contributed by atoms with Crippen LogP contribution in [0.5, 0.6) is 0 Å². The zero-order chi connectivity index (χ0) is 70.1. The number of ether oxygens (including phenoxy) is 4. The fourth-order valence-electron chi connectivity index (χ4n) is 11.6. The SMILES string of the molecule is CCCCCCCCCCCCCCCCCCCCCC(=O)O[C@H](COC(=O)CCCCCCCCCCCC(C)C)COP(=O)(O)OC[C@@H](O)COP(=O)(O)OC[C@@H](COC(=O)CCCCCCCCCCC(C)CC)OC(=O)CCCCCCCCCCCC(C)C. The third-order valence-corrected chi connectivity index (χ3v) is 19.9. The van der Waals surface area contributed by atoms with Crippen molar-refractivity contribution in [2.75, 3.05) is 39.6 Å². The smallest absolute Gasteiger partial charge is 0.462 e. The van der Waals surface area contributed by atoms with E-state index in [1.165, 1.54) is 199 Å². The van der Waals surface area contributed by atoms with E-state index in [4.69, 9.17) is 37.0 Å². The summed E-state index contributed by atoms with van der Waals surface area (Å²) >= 11 is 0. The van der Waals surface area contributed by atoms with Gasteiger partial charge in [-0.05, 0) is 43.4 Å². The van der Waals surface area contributed by atoms with Gasteiger partial charge in [-0.2, -0.15) is 0 Å². The number of unbranched alkanes of at least 4 members (excludes halogenated alkanes) is 41. The Morgan fingerprint density at radius 3 is 0.800 bits per heavy atom. The van der Waals surface area contributed by atoms with Crippen molar-refractivity contribution in [3.8, 4) is 0 Å². The van der Waals surface area contributed by atoms with Crippen molar-refractivity contribution in [3.05, 3.63) is 0 Å². The number of phosphoric ester groups is 2. The van der Waals surface area contributed by atoms with Crippen LogP contribution in [0.15, 0.2) is 0 Å². The summed E-state index contributed by atoms with van der Waals surface area (Å²) < 4.78 is 68.5. The Morgan fingerprint density at radius 2 is 0.537 bits per heavy atom. The first-order valence-electron chi connectivity index (χ1n) is 39.4. The molecule has 3 N–H and O–H groups in total. The molecule has 0 fully saturated rings. The van der Waals surface area contributed by atoms with Crippen LogP contribution in [0.25, 0.3) is 0 Å². The number of hydrogen-bond acceptors (Lipinski definition) is 15. The molecule has 0 bridgehead atoms. The second-order valence-corrected chi connectivity index (χ2v) is 31.5. The molecule has 0 aliphatic carbocycles. The quantitative estimate of drug-likeness (QED) is 0.0222. The van der Waals surface area contributed by atoms with Gasteiger partial charge in [-0.3, -0.25) is 37.3 Å². The summed E-state index contributed by atoms with van der Waals surface area (Å²) in [6.45, 7) is 11.9. The number of esters is 4. The van der Waals surface area contributed by atoms with Crippen molar-refractivity contribution in [1.29, 1.82) is 0 Å². The van der Waals surface area contributed by atoms with E-state index in [-0.39, 0.29) is 25.7 Å². The highest BCUT2D eigenvalue weighted by Gasteiger charge is 2.30. The summed E-state index contributed by atoms with van der Waals surface area (Å²) in [6.07, 6.45) is 52.7. The van der Waals surface area contributed by atoms with E-state index in [1.54, 1.807) is 0 Å². The summed E-state index contributed by atoms with van der Waals surface area (Å²) in [6, 6.07) is 0. The molecule has 0 saturated heterocycles. The van der Waals surface area contributed by atoms with Gasteiger partial charge >= 0.3 is 39.5 Å². The third-order valence-electron chi connectivity index (χ3n) is 18.0. The van der Waals surface area contributed by atoms with Crippen LogP contribution in [0.2, 0.25) is 0 Å². The molecule has 0 aliphatic heterocycles. The predicted molar refractivity (Wildman–Crippen MR) is 386 cm³/mol. The molecule has 0 amide bonds. The predicted octanol–water partition coefficient (Wildman–Crippen LogP) is 22.2. The normalized spacial score (nSPS) is 14.4. The standard InChI is InChI=1S/C76H148O17P2/c1-8-10-11-12-13-14-15-16-17-18-19-20-21-22-23-28-38-45-52-59-75(80)92-71(63-86-73(78)57-50-43-36-29-24-26-33-40-47-54-67(3)4)65-90-94(82,83)88-61-70(77)62-89-95(84,85)91-66-72(93-76(81)60-53-46-39-30-25-27-34-41-48-55-68(5)6)64-87-74(79)58-51-44-37-32-31-35-42-49-56-69(7)9-2/h67-72,77H,8-66H2,1-7H3,(H,82,83)(H,84,85)/t69?,70-,71-,72-/m1/s1. The molecule has 0 aromatic heterocycles. The minimum absolute atomic E-state index is 0.105. The fraction of sp³-hybridized carbons (Fsp3) is 0.947. The van der Waals surface area contributed by atoms with Gasteiger partial charge < -0.3 is 33.8 Å². The monoisotopic (exact) mass is 1400 g/mol. The lowest BCUT2D eigenvalue weighted by Gasteiger charge is -2.21. The Labute approximate surface area is 581 Å². The molecule has 0 rings (SSSR count). The minimum Gasteiger partial charge on any atom is -0.462 e. The van der Waals surface area contributed by atoms with Gasteiger partial charge in [-0.25, -0.2) is 9.13 Å². The summed E-state index contributed by atoms with van der Waals surface area (Å²) in [5.74, 6) is 0.138. The number of aliphatic hydroxyl groups is 1. The minimum atomic E-state index is -4.96. The molecule has 0 aliphatic rings. The first-order valence-corrected chi connectivity index (χ1v) is 42.4. The zero-order valence-electron chi connectivity index (χ0n) is 62.1. The third kappa shape index (κ3) is 69.0. The molecule has 0 radical (unpaired) electrons. The maximum atomic E-state index is 13.1. The van der Waals surface area contributed by atoms with Gasteiger partial charge in [0.1, 0.15) is 19.3 Å². The molecular formula is C76H148O17P2. The highest BCUT2D eigenvalue weighted by Crippen LogP contribution is 2.45. The van der Waals surface area contributed by atoms with E-state index in [9.17, 15) is 43.2 Å². The Morgan fingerprint density at radius 1 is 0.305 bits per heavy atom. The Bertz CT molecular complexity index is 1850.